The third-order valence-corrected chi connectivity index (χ3v) is 0.602. The molecule has 3 nitrogen and oxygen atoms in total. The van der Waals surface area contributed by atoms with Crippen LogP contribution in [0.2, 0.25) is 0 Å². The molecule has 0 saturated heterocycles. The average Bonchev–Trinajstić information content (AvgIpc) is 1.65. The Morgan fingerprint density at radius 2 is 2.25 bits per heavy atom. The predicted octanol–water partition coefficient (Wildman–Crippen LogP) is -4.13. The summed E-state index contributed by atoms with van der Waals surface area (Å²) >= 11 is 0. The molecule has 0 amide bonds. The molecule has 48 valence electrons. The Morgan fingerprint density at radius 1 is 1.88 bits per heavy atom. The topological polar surface area (TPSA) is 64.9 Å². The molecule has 0 fully saturated rings. The Hall–Kier alpha value is -0.540. The highest BCUT2D eigenvalue weighted by Gasteiger charge is 2.07. The van der Waals surface area contributed by atoms with Gasteiger partial charge in [-0.1, -0.05) is 6.58 Å². The molecule has 0 heterocycles. The van der Waals surface area contributed by atoms with E-state index in [0.717, 1.165) is 0 Å². The molecule has 0 aliphatic carbocycles. The van der Waals surface area contributed by atoms with E-state index in [9.17, 15) is 4.79 Å². The number of quaternary nitrogens is 1. The fourth-order valence-corrected chi connectivity index (χ4v) is 0.101. The van der Waals surface area contributed by atoms with Crippen LogP contribution in [0.3, 0.4) is 0 Å². The second kappa shape index (κ2) is 4.61. The van der Waals surface area contributed by atoms with Crippen LogP contribution < -0.4 is 18.1 Å². The third kappa shape index (κ3) is 3.64. The highest BCUT2D eigenvalue weighted by Crippen LogP contribution is 1.71. The molecule has 0 aromatic heterocycles. The summed E-state index contributed by atoms with van der Waals surface area (Å²) < 4.78 is 0. The van der Waals surface area contributed by atoms with E-state index in [1.165, 1.54) is 6.08 Å². The summed E-state index contributed by atoms with van der Waals surface area (Å²) in [6.07, 6.45) is 1.28. The lowest BCUT2D eigenvalue weighted by molar-refractivity contribution is -0.391. The SMILES string of the molecule is C=CC([NH3+])C(=O)O.[Cl-]. The molecule has 4 heteroatoms. The van der Waals surface area contributed by atoms with E-state index in [1.807, 2.05) is 0 Å². The number of hydrogen-bond donors (Lipinski definition) is 2. The molecular weight excluding hydrogens is 130 g/mol. The van der Waals surface area contributed by atoms with E-state index < -0.39 is 12.0 Å². The number of carboxylic acid groups (broad SMARTS) is 1. The lowest BCUT2D eigenvalue weighted by Crippen LogP contribution is -3.00. The van der Waals surface area contributed by atoms with Gasteiger partial charge in [-0.15, -0.1) is 0 Å². The van der Waals surface area contributed by atoms with Crippen LogP contribution in [0.5, 0.6) is 0 Å². The molecule has 0 saturated carbocycles. The van der Waals surface area contributed by atoms with Crippen molar-refractivity contribution in [2.24, 2.45) is 0 Å². The van der Waals surface area contributed by atoms with Crippen molar-refractivity contribution in [2.75, 3.05) is 0 Å². The van der Waals surface area contributed by atoms with Gasteiger partial charge in [-0.25, -0.2) is 4.79 Å². The van der Waals surface area contributed by atoms with Crippen LogP contribution in [0.1, 0.15) is 0 Å². The average molecular weight is 138 g/mol. The summed E-state index contributed by atoms with van der Waals surface area (Å²) in [5.41, 5.74) is 3.24. The fraction of sp³-hybridized carbons (Fsp3) is 0.250. The fourth-order valence-electron chi connectivity index (χ4n) is 0.101. The van der Waals surface area contributed by atoms with E-state index in [2.05, 4.69) is 12.3 Å². The maximum absolute atomic E-state index is 9.80. The van der Waals surface area contributed by atoms with Crippen molar-refractivity contribution < 1.29 is 28.0 Å². The van der Waals surface area contributed by atoms with Gasteiger partial charge in [0.25, 0.3) is 0 Å². The molecule has 4 N–H and O–H groups in total. The summed E-state index contributed by atoms with van der Waals surface area (Å²) in [5, 5.41) is 8.05. The molecule has 0 rings (SSSR count). The minimum absolute atomic E-state index is 0. The van der Waals surface area contributed by atoms with Crippen molar-refractivity contribution in [1.29, 1.82) is 0 Å². The monoisotopic (exact) mass is 137 g/mol. The molecular formula is C4H8ClNO2. The molecule has 0 spiro atoms. The number of halogens is 1. The molecule has 0 aliphatic rings. The van der Waals surface area contributed by atoms with Gasteiger partial charge in [0.05, 0.1) is 0 Å². The van der Waals surface area contributed by atoms with E-state index in [1.54, 1.807) is 0 Å². The Labute approximate surface area is 53.6 Å². The van der Waals surface area contributed by atoms with Crippen LogP contribution in [0.15, 0.2) is 12.7 Å². The Morgan fingerprint density at radius 3 is 2.25 bits per heavy atom. The van der Waals surface area contributed by atoms with E-state index >= 15 is 0 Å². The molecule has 0 aromatic rings. The number of rotatable bonds is 2. The zero-order valence-corrected chi connectivity index (χ0v) is 5.06. The second-order valence-electron chi connectivity index (χ2n) is 1.18. The van der Waals surface area contributed by atoms with Crippen molar-refractivity contribution in [1.82, 2.24) is 0 Å². The summed E-state index contributed by atoms with van der Waals surface area (Å²) in [7, 11) is 0. The first-order valence-electron chi connectivity index (χ1n) is 1.87. The summed E-state index contributed by atoms with van der Waals surface area (Å²) in [5.74, 6) is -0.935. The molecule has 0 radical (unpaired) electrons. The van der Waals surface area contributed by atoms with Gasteiger partial charge in [-0.2, -0.15) is 0 Å². The first-order valence-corrected chi connectivity index (χ1v) is 1.87. The zero-order chi connectivity index (χ0) is 5.86. The van der Waals surface area contributed by atoms with Crippen LogP contribution in [-0.2, 0) is 4.79 Å². The molecule has 1 atom stereocenters. The number of carbonyl (C=O) groups is 1. The van der Waals surface area contributed by atoms with Gasteiger partial charge in [0.1, 0.15) is 0 Å². The van der Waals surface area contributed by atoms with Crippen LogP contribution in [0.25, 0.3) is 0 Å². The molecule has 0 bridgehead atoms. The normalized spacial score (nSPS) is 11.1. The first-order chi connectivity index (χ1) is 3.18. The van der Waals surface area contributed by atoms with E-state index in [-0.39, 0.29) is 12.4 Å². The van der Waals surface area contributed by atoms with E-state index in [4.69, 9.17) is 5.11 Å². The molecule has 0 aliphatic heterocycles. The minimum atomic E-state index is -0.935. The molecule has 1 unspecified atom stereocenters. The quantitative estimate of drug-likeness (QED) is 0.380. The summed E-state index contributed by atoms with van der Waals surface area (Å²) in [6.45, 7) is 3.24. The number of aliphatic carboxylic acids is 1. The molecule has 0 aromatic carbocycles. The van der Waals surface area contributed by atoms with Crippen LogP contribution in [0.4, 0.5) is 0 Å². The zero-order valence-electron chi connectivity index (χ0n) is 4.30. The highest BCUT2D eigenvalue weighted by atomic mass is 35.5. The number of carboxylic acids is 1. The predicted molar refractivity (Wildman–Crippen MR) is 24.5 cm³/mol. The van der Waals surface area contributed by atoms with Gasteiger partial charge in [0, 0.05) is 0 Å². The third-order valence-electron chi connectivity index (χ3n) is 0.602. The largest absolute Gasteiger partial charge is 1.00 e. The van der Waals surface area contributed by atoms with Crippen LogP contribution in [-0.4, -0.2) is 17.1 Å². The molecule has 8 heavy (non-hydrogen) atoms. The van der Waals surface area contributed by atoms with Crippen molar-refractivity contribution in [3.8, 4) is 0 Å². The Bertz CT molecular complexity index is 94.0. The minimum Gasteiger partial charge on any atom is -1.00 e. The van der Waals surface area contributed by atoms with Crippen molar-refractivity contribution in [2.45, 2.75) is 6.04 Å². The van der Waals surface area contributed by atoms with Gasteiger partial charge in [0.2, 0.25) is 6.04 Å². The standard InChI is InChI=1S/C4H7NO2.ClH/c1-2-3(5)4(6)7;/h2-3H,1,5H2,(H,6,7);1H. The van der Waals surface area contributed by atoms with Crippen molar-refractivity contribution in [3.63, 3.8) is 0 Å². The van der Waals surface area contributed by atoms with Gasteiger partial charge in [-0.05, 0) is 6.08 Å². The van der Waals surface area contributed by atoms with Gasteiger partial charge >= 0.3 is 5.97 Å². The smallest absolute Gasteiger partial charge is 0.366 e. The maximum atomic E-state index is 9.80. The summed E-state index contributed by atoms with van der Waals surface area (Å²) in [4.78, 5) is 9.80. The second-order valence-corrected chi connectivity index (χ2v) is 1.18. The lowest BCUT2D eigenvalue weighted by Gasteiger charge is -1.89. The highest BCUT2D eigenvalue weighted by molar-refractivity contribution is 5.73. The lowest BCUT2D eigenvalue weighted by atomic mass is 10.3. The van der Waals surface area contributed by atoms with Crippen molar-refractivity contribution in [3.05, 3.63) is 12.7 Å². The van der Waals surface area contributed by atoms with Gasteiger partial charge in [-0.3, -0.25) is 0 Å². The van der Waals surface area contributed by atoms with Crippen LogP contribution >= 0.6 is 0 Å². The Balaban J connectivity index is 0. The first kappa shape index (κ1) is 10.4. The van der Waals surface area contributed by atoms with Gasteiger partial charge < -0.3 is 23.2 Å². The van der Waals surface area contributed by atoms with Crippen molar-refractivity contribution >= 4 is 5.97 Å². The number of hydrogen-bond acceptors (Lipinski definition) is 1. The van der Waals surface area contributed by atoms with E-state index in [0.29, 0.717) is 0 Å². The van der Waals surface area contributed by atoms with Gasteiger partial charge in [0.15, 0.2) is 0 Å². The maximum Gasteiger partial charge on any atom is 0.366 e. The summed E-state index contributed by atoms with van der Waals surface area (Å²) in [6, 6.07) is -0.667. The van der Waals surface area contributed by atoms with Crippen LogP contribution in [0, 0.1) is 0 Å². The Kier molecular flexibility index (Phi) is 6.02.